The van der Waals surface area contributed by atoms with Crippen LogP contribution >= 0.6 is 11.6 Å². The van der Waals surface area contributed by atoms with Crippen molar-refractivity contribution >= 4 is 39.1 Å². The van der Waals surface area contributed by atoms with Gasteiger partial charge >= 0.3 is 0 Å². The molecule has 10 heteroatoms. The second-order valence-corrected chi connectivity index (χ2v) is 12.6. The molecule has 1 N–H and O–H groups in total. The Hall–Kier alpha value is -3.56. The van der Waals surface area contributed by atoms with E-state index in [2.05, 4.69) is 5.32 Å². The lowest BCUT2D eigenvalue weighted by Crippen LogP contribution is -2.52. The lowest BCUT2D eigenvalue weighted by Gasteiger charge is -2.32. The van der Waals surface area contributed by atoms with Crippen LogP contribution in [0.5, 0.6) is 5.75 Å². The van der Waals surface area contributed by atoms with Crippen LogP contribution in [0.25, 0.3) is 0 Å². The van der Waals surface area contributed by atoms with Gasteiger partial charge in [-0.3, -0.25) is 13.9 Å². The second-order valence-electron chi connectivity index (χ2n) is 10.3. The van der Waals surface area contributed by atoms with Gasteiger partial charge in [0.25, 0.3) is 0 Å². The smallest absolute Gasteiger partial charge is 0.243 e. The molecular weight excluding hydrogens is 574 g/mol. The molecule has 0 aliphatic rings. The zero-order valence-corrected chi connectivity index (χ0v) is 26.2. The van der Waals surface area contributed by atoms with Crippen molar-refractivity contribution in [3.05, 3.63) is 95.0 Å². The van der Waals surface area contributed by atoms with E-state index >= 15 is 0 Å². The average Bonchev–Trinajstić information content (AvgIpc) is 2.97. The van der Waals surface area contributed by atoms with Gasteiger partial charge in [0.15, 0.2) is 0 Å². The topological polar surface area (TPSA) is 96.0 Å². The number of rotatable bonds is 15. The minimum atomic E-state index is -3.66. The van der Waals surface area contributed by atoms with Crippen LogP contribution in [0.15, 0.2) is 78.9 Å². The summed E-state index contributed by atoms with van der Waals surface area (Å²) < 4.78 is 31.8. The zero-order valence-electron chi connectivity index (χ0n) is 24.6. The van der Waals surface area contributed by atoms with Crippen molar-refractivity contribution < 1.29 is 22.7 Å². The van der Waals surface area contributed by atoms with Crippen molar-refractivity contribution in [2.45, 2.75) is 58.2 Å². The zero-order chi connectivity index (χ0) is 30.7. The summed E-state index contributed by atoms with van der Waals surface area (Å²) in [5.74, 6) is -0.0239. The van der Waals surface area contributed by atoms with E-state index in [1.54, 1.807) is 17.0 Å². The fraction of sp³-hybridized carbons (Fsp3) is 0.375. The first-order valence-corrected chi connectivity index (χ1v) is 16.2. The minimum absolute atomic E-state index is 0.0463. The number of hydrogen-bond donors (Lipinski definition) is 1. The van der Waals surface area contributed by atoms with E-state index in [9.17, 15) is 18.0 Å². The highest BCUT2D eigenvalue weighted by Crippen LogP contribution is 2.30. The monoisotopic (exact) mass is 613 g/mol. The predicted molar refractivity (Wildman–Crippen MR) is 168 cm³/mol. The van der Waals surface area contributed by atoms with Crippen molar-refractivity contribution in [1.29, 1.82) is 0 Å². The number of carbonyl (C=O) groups is 2. The van der Waals surface area contributed by atoms with Gasteiger partial charge in [-0.25, -0.2) is 8.42 Å². The van der Waals surface area contributed by atoms with E-state index < -0.39 is 16.1 Å². The summed E-state index contributed by atoms with van der Waals surface area (Å²) in [4.78, 5) is 29.1. The van der Waals surface area contributed by atoms with Crippen LogP contribution in [-0.2, 0) is 32.6 Å². The van der Waals surface area contributed by atoms with Crippen LogP contribution in [0.4, 0.5) is 5.69 Å². The summed E-state index contributed by atoms with van der Waals surface area (Å²) in [7, 11) is -2.18. The number of halogens is 1. The molecular formula is C32H40ClN3O5S. The van der Waals surface area contributed by atoms with Crippen molar-refractivity contribution in [3.8, 4) is 5.75 Å². The maximum atomic E-state index is 13.9. The third-order valence-corrected chi connectivity index (χ3v) is 8.53. The lowest BCUT2D eigenvalue weighted by atomic mass is 10.0. The standard InChI is InChI=1S/C32H40ClN3O5S/c1-5-24(2)34-32(38)29(21-25-13-8-6-9-14-25)35(23-26-15-10-7-11-16-26)31(37)17-12-20-36(42(4,39)40)27-18-19-30(41-3)28(33)22-27/h6-11,13-16,18-19,22,24,29H,5,12,17,20-21,23H2,1-4H3,(H,34,38)/t24-,29+/m0/s1. The molecule has 3 rings (SSSR count). The van der Waals surface area contributed by atoms with E-state index in [0.717, 1.165) is 23.8 Å². The Morgan fingerprint density at radius 3 is 2.14 bits per heavy atom. The van der Waals surface area contributed by atoms with E-state index in [1.165, 1.54) is 17.5 Å². The van der Waals surface area contributed by atoms with E-state index in [-0.39, 0.29) is 48.8 Å². The number of methoxy groups -OCH3 is 1. The maximum Gasteiger partial charge on any atom is 0.243 e. The summed E-state index contributed by atoms with van der Waals surface area (Å²) in [6, 6.07) is 23.1. The summed E-state index contributed by atoms with van der Waals surface area (Å²) in [5.41, 5.74) is 2.21. The molecule has 3 aromatic carbocycles. The van der Waals surface area contributed by atoms with Crippen molar-refractivity contribution in [1.82, 2.24) is 10.2 Å². The van der Waals surface area contributed by atoms with Crippen LogP contribution in [0.1, 0.15) is 44.2 Å². The minimum Gasteiger partial charge on any atom is -0.495 e. The Labute approximate surface area is 254 Å². The SMILES string of the molecule is CC[C@H](C)NC(=O)[C@@H](Cc1ccccc1)N(Cc1ccccc1)C(=O)CCCN(c1ccc(OC)c(Cl)c1)S(C)(=O)=O. The molecule has 0 fully saturated rings. The van der Waals surface area contributed by atoms with Crippen molar-refractivity contribution in [3.63, 3.8) is 0 Å². The molecule has 0 bridgehead atoms. The Balaban J connectivity index is 1.87. The van der Waals surface area contributed by atoms with Crippen molar-refractivity contribution in [2.75, 3.05) is 24.2 Å². The third kappa shape index (κ3) is 9.49. The van der Waals surface area contributed by atoms with Gasteiger partial charge in [-0.15, -0.1) is 0 Å². The van der Waals surface area contributed by atoms with Gasteiger partial charge in [0, 0.05) is 32.0 Å². The first-order chi connectivity index (χ1) is 20.0. The van der Waals surface area contributed by atoms with Crippen LogP contribution in [-0.4, -0.2) is 57.1 Å². The molecule has 0 aromatic heterocycles. The Morgan fingerprint density at radius 2 is 1.60 bits per heavy atom. The Morgan fingerprint density at radius 1 is 0.976 bits per heavy atom. The van der Waals surface area contributed by atoms with Gasteiger partial charge in [-0.2, -0.15) is 0 Å². The summed E-state index contributed by atoms with van der Waals surface area (Å²) in [6.07, 6.45) is 2.51. The number of amides is 2. The van der Waals surface area contributed by atoms with Crippen molar-refractivity contribution in [2.24, 2.45) is 0 Å². The molecule has 8 nitrogen and oxygen atoms in total. The van der Waals surface area contributed by atoms with Gasteiger partial charge in [-0.1, -0.05) is 79.2 Å². The predicted octanol–water partition coefficient (Wildman–Crippen LogP) is 5.45. The summed E-state index contributed by atoms with van der Waals surface area (Å²) >= 11 is 6.26. The number of carbonyl (C=O) groups excluding carboxylic acids is 2. The molecule has 0 unspecified atom stereocenters. The molecule has 0 saturated heterocycles. The largest absolute Gasteiger partial charge is 0.495 e. The van der Waals surface area contributed by atoms with Gasteiger partial charge in [0.2, 0.25) is 21.8 Å². The molecule has 0 saturated carbocycles. The molecule has 226 valence electrons. The van der Waals surface area contributed by atoms with Gasteiger partial charge in [-0.05, 0) is 49.1 Å². The van der Waals surface area contributed by atoms with Gasteiger partial charge in [0.05, 0.1) is 24.1 Å². The van der Waals surface area contributed by atoms with E-state index in [0.29, 0.717) is 17.9 Å². The molecule has 42 heavy (non-hydrogen) atoms. The highest BCUT2D eigenvalue weighted by Gasteiger charge is 2.31. The number of nitrogens with one attached hydrogen (secondary N) is 1. The number of ether oxygens (including phenoxy) is 1. The van der Waals surface area contributed by atoms with Crippen LogP contribution in [0.2, 0.25) is 5.02 Å². The molecule has 0 spiro atoms. The Bertz CT molecular complexity index is 1420. The number of nitrogens with zero attached hydrogens (tertiary/aromatic N) is 2. The van der Waals surface area contributed by atoms with Crippen LogP contribution < -0.4 is 14.4 Å². The Kier molecular flexibility index (Phi) is 12.2. The number of hydrogen-bond acceptors (Lipinski definition) is 5. The van der Waals surface area contributed by atoms with Gasteiger partial charge in [0.1, 0.15) is 11.8 Å². The summed E-state index contributed by atoms with van der Waals surface area (Å²) in [6.45, 7) is 4.24. The highest BCUT2D eigenvalue weighted by molar-refractivity contribution is 7.92. The molecule has 2 atom stereocenters. The maximum absolute atomic E-state index is 13.9. The third-order valence-electron chi connectivity index (χ3n) is 7.04. The number of benzene rings is 3. The molecule has 0 heterocycles. The average molecular weight is 614 g/mol. The van der Waals surface area contributed by atoms with Crippen LogP contribution in [0, 0.1) is 0 Å². The number of sulfonamides is 1. The fourth-order valence-corrected chi connectivity index (χ4v) is 5.80. The summed E-state index contributed by atoms with van der Waals surface area (Å²) in [5, 5.41) is 3.34. The second kappa shape index (κ2) is 15.6. The fourth-order valence-electron chi connectivity index (χ4n) is 4.59. The molecule has 0 aliphatic carbocycles. The first kappa shape index (κ1) is 32.9. The molecule has 2 amide bonds. The normalized spacial score (nSPS) is 12.7. The first-order valence-electron chi connectivity index (χ1n) is 14.0. The highest BCUT2D eigenvalue weighted by atomic mass is 35.5. The van der Waals surface area contributed by atoms with E-state index in [4.69, 9.17) is 16.3 Å². The number of anilines is 1. The van der Waals surface area contributed by atoms with Gasteiger partial charge < -0.3 is 15.0 Å². The molecule has 0 radical (unpaired) electrons. The lowest BCUT2D eigenvalue weighted by molar-refractivity contribution is -0.141. The van der Waals surface area contributed by atoms with E-state index in [1.807, 2.05) is 74.5 Å². The quantitative estimate of drug-likeness (QED) is 0.246. The molecule has 0 aliphatic heterocycles. The van der Waals surface area contributed by atoms with Crippen LogP contribution in [0.3, 0.4) is 0 Å². The molecule has 3 aromatic rings.